The second kappa shape index (κ2) is 29.4. The van der Waals surface area contributed by atoms with E-state index in [-0.39, 0.29) is 87.2 Å². The first kappa shape index (κ1) is 60.1. The summed E-state index contributed by atoms with van der Waals surface area (Å²) in [7, 11) is 4.58. The van der Waals surface area contributed by atoms with Gasteiger partial charge in [-0.2, -0.15) is 0 Å². The summed E-state index contributed by atoms with van der Waals surface area (Å²) in [6.45, 7) is 13.5. The number of piperidine rings is 1. The topological polar surface area (TPSA) is 214 Å². The van der Waals surface area contributed by atoms with E-state index in [2.05, 4.69) is 0 Å². The van der Waals surface area contributed by atoms with Gasteiger partial charge < -0.3 is 53.4 Å². The van der Waals surface area contributed by atoms with E-state index in [1.165, 1.54) is 12.0 Å². The molecular formula is C55H87NO15. The lowest BCUT2D eigenvalue weighted by molar-refractivity contribution is -0.266. The van der Waals surface area contributed by atoms with Gasteiger partial charge in [0.15, 0.2) is 5.78 Å². The molecule has 16 heteroatoms. The van der Waals surface area contributed by atoms with Crippen LogP contribution in [0.4, 0.5) is 0 Å². The molecule has 402 valence electrons. The van der Waals surface area contributed by atoms with Crippen molar-refractivity contribution in [2.75, 3.05) is 54.3 Å². The van der Waals surface area contributed by atoms with Gasteiger partial charge in [0.05, 0.1) is 50.8 Å². The number of amides is 1. The van der Waals surface area contributed by atoms with E-state index < -0.39 is 77.8 Å². The van der Waals surface area contributed by atoms with Gasteiger partial charge in [-0.15, -0.1) is 0 Å². The van der Waals surface area contributed by atoms with Crippen molar-refractivity contribution in [3.05, 3.63) is 47.6 Å². The number of hydrogen-bond donors (Lipinski definition) is 3. The minimum Gasteiger partial charge on any atom is -0.460 e. The molecule has 0 aromatic rings. The maximum Gasteiger partial charge on any atom is 0.329 e. The molecule has 3 heterocycles. The molecule has 4 rings (SSSR count). The van der Waals surface area contributed by atoms with Crippen LogP contribution in [0.1, 0.15) is 126 Å². The number of rotatable bonds is 12. The molecule has 71 heavy (non-hydrogen) atoms. The number of esters is 1. The Balaban J connectivity index is 1.71. The molecule has 1 unspecified atom stereocenters. The van der Waals surface area contributed by atoms with Crippen molar-refractivity contribution in [3.8, 4) is 0 Å². The standard InChI is InChI=1S/C55H87NO15/c1-34-16-12-11-13-17-35(2)46(69-27-26-65-8)32-42-21-19-40(7)55(64,71-42)52(61)53(62)56-23-15-14-18-43(56)54(63)70-47(37(4)30-41-20-22-45(68-25-24-57)48(31-41)66-9)33-44(58)36(3)29-39(6)50(60)51(67-10)49(59)38(5)28-34/h11-13,16-17,29,34,36-38,40-43,45-48,50-51,57,60,64H,14-15,18-28,30-33H2,1-10H3/b13-11+,16-12+,35-17+,39-29+/t34-,36-,37?,38-,40-,41+,42+,43+,45-,46-,47+,48-,50-,51+,55-/m1/s1. The third-order valence-electron chi connectivity index (χ3n) is 15.2. The maximum absolute atomic E-state index is 14.5. The fraction of sp³-hybridized carbons (Fsp3) is 0.764. The number of allylic oxidation sites excluding steroid dienone is 6. The van der Waals surface area contributed by atoms with Gasteiger partial charge in [-0.3, -0.25) is 19.2 Å². The predicted molar refractivity (Wildman–Crippen MR) is 267 cm³/mol. The molecule has 0 radical (unpaired) electrons. The van der Waals surface area contributed by atoms with E-state index >= 15 is 0 Å². The second-order valence-corrected chi connectivity index (χ2v) is 20.8. The number of ether oxygens (including phenoxy) is 7. The molecule has 16 nitrogen and oxygen atoms in total. The summed E-state index contributed by atoms with van der Waals surface area (Å²) in [5.74, 6) is -8.10. The quantitative estimate of drug-likeness (QED) is 0.0858. The molecular weight excluding hydrogens is 915 g/mol. The van der Waals surface area contributed by atoms with Crippen molar-refractivity contribution in [1.29, 1.82) is 0 Å². The number of cyclic esters (lactones) is 1. The van der Waals surface area contributed by atoms with Crippen LogP contribution in [0.3, 0.4) is 0 Å². The highest BCUT2D eigenvalue weighted by molar-refractivity contribution is 6.39. The lowest BCUT2D eigenvalue weighted by Crippen LogP contribution is -2.61. The van der Waals surface area contributed by atoms with Gasteiger partial charge in [0.1, 0.15) is 30.1 Å². The number of aliphatic hydroxyl groups excluding tert-OH is 2. The van der Waals surface area contributed by atoms with Crippen LogP contribution >= 0.6 is 0 Å². The van der Waals surface area contributed by atoms with Gasteiger partial charge in [-0.05, 0) is 107 Å². The van der Waals surface area contributed by atoms with Crippen molar-refractivity contribution >= 4 is 29.2 Å². The number of methoxy groups -OCH3 is 3. The van der Waals surface area contributed by atoms with Gasteiger partial charge in [0.2, 0.25) is 5.79 Å². The molecule has 3 N–H and O–H groups in total. The van der Waals surface area contributed by atoms with Crippen LogP contribution in [0.15, 0.2) is 47.6 Å². The Kier molecular flexibility index (Phi) is 24.9. The van der Waals surface area contributed by atoms with E-state index in [0.29, 0.717) is 63.5 Å². The number of carbonyl (C=O) groups is 5. The van der Waals surface area contributed by atoms with Crippen LogP contribution in [0.25, 0.3) is 0 Å². The normalized spacial score (nSPS) is 38.0. The molecule has 2 saturated heterocycles. The average Bonchev–Trinajstić information content (AvgIpc) is 3.35. The third kappa shape index (κ3) is 17.0. The molecule has 0 aromatic heterocycles. The highest BCUT2D eigenvalue weighted by Crippen LogP contribution is 2.38. The van der Waals surface area contributed by atoms with Crippen molar-refractivity contribution < 1.29 is 72.5 Å². The summed E-state index contributed by atoms with van der Waals surface area (Å²) in [6.07, 6.45) is 11.7. The van der Waals surface area contributed by atoms with Gasteiger partial charge in [-0.25, -0.2) is 4.79 Å². The maximum atomic E-state index is 14.5. The van der Waals surface area contributed by atoms with Crippen molar-refractivity contribution in [2.45, 2.75) is 180 Å². The van der Waals surface area contributed by atoms with E-state index in [9.17, 15) is 39.3 Å². The molecule has 1 saturated carbocycles. The summed E-state index contributed by atoms with van der Waals surface area (Å²) in [6, 6.07) is -1.16. The number of ketones is 3. The zero-order valence-electron chi connectivity index (χ0n) is 44.3. The number of hydrogen-bond acceptors (Lipinski definition) is 15. The zero-order valence-corrected chi connectivity index (χ0v) is 44.3. The molecule has 15 atom stereocenters. The van der Waals surface area contributed by atoms with E-state index in [0.717, 1.165) is 12.0 Å². The fourth-order valence-electron chi connectivity index (χ4n) is 10.7. The average molecular weight is 1000 g/mol. The Hall–Kier alpha value is -3.45. The Morgan fingerprint density at radius 3 is 2.27 bits per heavy atom. The molecule has 2 bridgehead atoms. The van der Waals surface area contributed by atoms with E-state index in [1.807, 2.05) is 58.1 Å². The number of carbonyl (C=O) groups excluding carboxylic acids is 5. The summed E-state index contributed by atoms with van der Waals surface area (Å²) >= 11 is 0. The van der Waals surface area contributed by atoms with Crippen LogP contribution in [-0.2, 0) is 57.1 Å². The molecule has 1 aliphatic carbocycles. The fourth-order valence-corrected chi connectivity index (χ4v) is 10.7. The third-order valence-corrected chi connectivity index (χ3v) is 15.2. The monoisotopic (exact) mass is 1000 g/mol. The van der Waals surface area contributed by atoms with Crippen LogP contribution in [-0.4, -0.2) is 158 Å². The predicted octanol–water partition coefficient (Wildman–Crippen LogP) is 6.21. The van der Waals surface area contributed by atoms with Crippen molar-refractivity contribution in [1.82, 2.24) is 4.90 Å². The molecule has 0 aromatic carbocycles. The summed E-state index contributed by atoms with van der Waals surface area (Å²) in [5.41, 5.74) is 1.24. The van der Waals surface area contributed by atoms with Gasteiger partial charge in [-0.1, -0.05) is 71.1 Å². The van der Waals surface area contributed by atoms with Gasteiger partial charge >= 0.3 is 5.97 Å². The minimum atomic E-state index is -2.46. The van der Waals surface area contributed by atoms with Gasteiger partial charge in [0.25, 0.3) is 11.7 Å². The second-order valence-electron chi connectivity index (χ2n) is 20.8. The van der Waals surface area contributed by atoms with Crippen LogP contribution in [0.5, 0.6) is 0 Å². The largest absolute Gasteiger partial charge is 0.460 e. The molecule has 3 aliphatic heterocycles. The first-order valence-corrected chi connectivity index (χ1v) is 26.1. The number of fused-ring (bicyclic) bond motifs is 3. The smallest absolute Gasteiger partial charge is 0.329 e. The van der Waals surface area contributed by atoms with E-state index in [1.54, 1.807) is 41.1 Å². The number of Topliss-reactive ketones (excluding diaryl/α,β-unsaturated/α-hetero) is 3. The lowest BCUT2D eigenvalue weighted by atomic mass is 9.78. The van der Waals surface area contributed by atoms with Crippen LogP contribution < -0.4 is 0 Å². The summed E-state index contributed by atoms with van der Waals surface area (Å²) in [4.78, 5) is 72.5. The lowest BCUT2D eigenvalue weighted by Gasteiger charge is -2.43. The van der Waals surface area contributed by atoms with Crippen molar-refractivity contribution in [3.63, 3.8) is 0 Å². The first-order chi connectivity index (χ1) is 33.8. The number of nitrogens with zero attached hydrogens (tertiary/aromatic N) is 1. The Labute approximate surface area is 422 Å². The van der Waals surface area contributed by atoms with Crippen LogP contribution in [0.2, 0.25) is 0 Å². The highest BCUT2D eigenvalue weighted by Gasteiger charge is 2.53. The first-order valence-electron chi connectivity index (χ1n) is 26.1. The van der Waals surface area contributed by atoms with Crippen molar-refractivity contribution in [2.24, 2.45) is 35.5 Å². The molecule has 1 amide bonds. The highest BCUT2D eigenvalue weighted by atomic mass is 16.6. The Morgan fingerprint density at radius 1 is 0.831 bits per heavy atom. The summed E-state index contributed by atoms with van der Waals surface area (Å²) in [5, 5.41) is 33.0. The SMILES string of the molecule is COCCO[C@@H]1C[C@@H]2CC[C@@H](C)[C@@](O)(O2)C(=O)C(=O)N2CCCC[C@H]2C(=O)O[C@H](C(C)C[C@@H]2CC[C@@H](OCCO)[C@H](OC)C2)CC(=O)[C@H](C)/C=C(\C)[C@@H](O)[C@@H](OC)C(=O)[C@H](C)C[C@H](C)/C=C/C=C/C=C/1C. The molecule has 0 spiro atoms. The Morgan fingerprint density at radius 2 is 1.58 bits per heavy atom. The number of aliphatic hydroxyl groups is 3. The molecule has 3 fully saturated rings. The minimum absolute atomic E-state index is 0.000431. The Bertz CT molecular complexity index is 1860. The van der Waals surface area contributed by atoms with Gasteiger partial charge in [0, 0.05) is 58.5 Å². The van der Waals surface area contributed by atoms with E-state index in [4.69, 9.17) is 33.2 Å². The summed E-state index contributed by atoms with van der Waals surface area (Å²) < 4.78 is 41.3. The zero-order chi connectivity index (χ0) is 52.4. The molecule has 4 aliphatic rings. The van der Waals surface area contributed by atoms with Crippen LogP contribution in [0, 0.1) is 35.5 Å².